The Morgan fingerprint density at radius 1 is 1.29 bits per heavy atom. The van der Waals surface area contributed by atoms with Gasteiger partial charge in [0.05, 0.1) is 16.4 Å². The van der Waals surface area contributed by atoms with Gasteiger partial charge in [0.25, 0.3) is 0 Å². The lowest BCUT2D eigenvalue weighted by atomic mass is 9.97. The predicted octanol–water partition coefficient (Wildman–Crippen LogP) is 2.21. The fraction of sp³-hybridized carbons (Fsp3) is 0.333. The van der Waals surface area contributed by atoms with Crippen LogP contribution in [-0.2, 0) is 9.59 Å². The molecule has 2 N–H and O–H groups in total. The Labute approximate surface area is 104 Å². The summed E-state index contributed by atoms with van der Waals surface area (Å²) in [5.74, 6) is -0.264. The number of amides is 2. The Morgan fingerprint density at radius 3 is 2.41 bits per heavy atom. The van der Waals surface area contributed by atoms with Crippen LogP contribution in [0.5, 0.6) is 0 Å². The molecular weight excluding hydrogens is 240 g/mol. The monoisotopic (exact) mass is 252 g/mol. The van der Waals surface area contributed by atoms with E-state index in [9.17, 15) is 9.59 Å². The van der Waals surface area contributed by atoms with Crippen LogP contribution in [0, 0.1) is 5.92 Å². The van der Waals surface area contributed by atoms with E-state index in [0.29, 0.717) is 29.2 Å². The number of benzene rings is 1. The summed E-state index contributed by atoms with van der Waals surface area (Å²) in [6.07, 6.45) is 0.765. The van der Waals surface area contributed by atoms with Crippen LogP contribution in [0.1, 0.15) is 19.8 Å². The molecule has 1 saturated heterocycles. The molecule has 2 amide bonds. The van der Waals surface area contributed by atoms with Crippen LogP contribution in [0.2, 0.25) is 5.02 Å². The number of hydrogen-bond donors (Lipinski definition) is 1. The molecular formula is C12H13ClN2O2. The molecule has 2 rings (SSSR count). The Bertz CT molecular complexity index is 469. The number of imide groups is 1. The fourth-order valence-corrected chi connectivity index (χ4v) is 2.11. The molecule has 90 valence electrons. The first-order chi connectivity index (χ1) is 7.99. The van der Waals surface area contributed by atoms with E-state index in [1.54, 1.807) is 18.2 Å². The van der Waals surface area contributed by atoms with Crippen molar-refractivity contribution in [2.24, 2.45) is 5.92 Å². The number of rotatable bonds is 1. The maximum absolute atomic E-state index is 11.8. The van der Waals surface area contributed by atoms with Crippen molar-refractivity contribution in [3.63, 3.8) is 0 Å². The van der Waals surface area contributed by atoms with Gasteiger partial charge in [-0.25, -0.2) is 0 Å². The number of anilines is 2. The van der Waals surface area contributed by atoms with E-state index in [1.165, 1.54) is 4.90 Å². The van der Waals surface area contributed by atoms with Gasteiger partial charge in [0.1, 0.15) is 0 Å². The summed E-state index contributed by atoms with van der Waals surface area (Å²) in [6, 6.07) is 4.77. The second-order valence-electron chi connectivity index (χ2n) is 4.34. The van der Waals surface area contributed by atoms with Crippen molar-refractivity contribution in [1.29, 1.82) is 0 Å². The number of carbonyl (C=O) groups is 2. The van der Waals surface area contributed by atoms with Crippen molar-refractivity contribution in [2.75, 3.05) is 10.6 Å². The van der Waals surface area contributed by atoms with E-state index in [1.807, 2.05) is 6.92 Å². The average Bonchev–Trinajstić information content (AvgIpc) is 2.21. The van der Waals surface area contributed by atoms with Crippen LogP contribution in [0.3, 0.4) is 0 Å². The summed E-state index contributed by atoms with van der Waals surface area (Å²) in [6.45, 7) is 1.89. The first-order valence-electron chi connectivity index (χ1n) is 5.40. The molecule has 0 atom stereocenters. The molecule has 17 heavy (non-hydrogen) atoms. The molecule has 4 nitrogen and oxygen atoms in total. The van der Waals surface area contributed by atoms with E-state index in [2.05, 4.69) is 0 Å². The van der Waals surface area contributed by atoms with Gasteiger partial charge in [-0.1, -0.05) is 18.5 Å². The minimum Gasteiger partial charge on any atom is -0.398 e. The maximum atomic E-state index is 11.8. The Morgan fingerprint density at radius 2 is 1.88 bits per heavy atom. The molecule has 0 saturated carbocycles. The zero-order chi connectivity index (χ0) is 12.6. The molecule has 0 unspecified atom stereocenters. The Balaban J connectivity index is 2.35. The van der Waals surface area contributed by atoms with Crippen LogP contribution in [0.4, 0.5) is 11.4 Å². The van der Waals surface area contributed by atoms with E-state index in [-0.39, 0.29) is 17.7 Å². The first-order valence-corrected chi connectivity index (χ1v) is 5.77. The van der Waals surface area contributed by atoms with Crippen molar-refractivity contribution < 1.29 is 9.59 Å². The van der Waals surface area contributed by atoms with Gasteiger partial charge in [0.2, 0.25) is 11.8 Å². The third-order valence-corrected chi connectivity index (χ3v) is 3.11. The van der Waals surface area contributed by atoms with E-state index >= 15 is 0 Å². The Hall–Kier alpha value is -1.55. The van der Waals surface area contributed by atoms with Gasteiger partial charge in [-0.3, -0.25) is 14.5 Å². The minimum atomic E-state index is -0.186. The van der Waals surface area contributed by atoms with Gasteiger partial charge in [-0.2, -0.15) is 0 Å². The molecule has 0 bridgehead atoms. The second kappa shape index (κ2) is 4.37. The van der Waals surface area contributed by atoms with Crippen molar-refractivity contribution in [3.05, 3.63) is 23.2 Å². The van der Waals surface area contributed by atoms with Crippen molar-refractivity contribution in [2.45, 2.75) is 19.8 Å². The SMILES string of the molecule is CC1CC(=O)N(c2ccc(N)c(Cl)c2)C(=O)C1. The van der Waals surface area contributed by atoms with Crippen molar-refractivity contribution in [3.8, 4) is 0 Å². The normalized spacial score (nSPS) is 17.6. The van der Waals surface area contributed by atoms with Crippen LogP contribution < -0.4 is 10.6 Å². The van der Waals surface area contributed by atoms with E-state index < -0.39 is 0 Å². The molecule has 0 aliphatic carbocycles. The smallest absolute Gasteiger partial charge is 0.234 e. The van der Waals surface area contributed by atoms with Crippen LogP contribution in [0.15, 0.2) is 18.2 Å². The number of piperidine rings is 1. The minimum absolute atomic E-state index is 0.107. The van der Waals surface area contributed by atoms with Gasteiger partial charge in [-0.05, 0) is 24.1 Å². The third-order valence-electron chi connectivity index (χ3n) is 2.79. The highest BCUT2D eigenvalue weighted by Crippen LogP contribution is 2.29. The molecule has 1 aliphatic rings. The van der Waals surface area contributed by atoms with Crippen LogP contribution in [-0.4, -0.2) is 11.8 Å². The third kappa shape index (κ3) is 2.26. The van der Waals surface area contributed by atoms with Gasteiger partial charge in [-0.15, -0.1) is 0 Å². The topological polar surface area (TPSA) is 63.4 Å². The number of carbonyl (C=O) groups excluding carboxylic acids is 2. The lowest BCUT2D eigenvalue weighted by molar-refractivity contribution is -0.130. The molecule has 1 aromatic carbocycles. The molecule has 0 spiro atoms. The van der Waals surface area contributed by atoms with Crippen molar-refractivity contribution >= 4 is 34.8 Å². The summed E-state index contributed by atoms with van der Waals surface area (Å²) in [4.78, 5) is 24.9. The highest BCUT2D eigenvalue weighted by Gasteiger charge is 2.31. The second-order valence-corrected chi connectivity index (χ2v) is 4.75. The standard InChI is InChI=1S/C12H13ClN2O2/c1-7-4-11(16)15(12(17)5-7)8-2-3-10(14)9(13)6-8/h2-3,6-7H,4-5,14H2,1H3. The predicted molar refractivity (Wildman–Crippen MR) is 66.8 cm³/mol. The molecule has 1 aromatic rings. The van der Waals surface area contributed by atoms with Gasteiger partial charge < -0.3 is 5.73 Å². The molecule has 0 radical (unpaired) electrons. The van der Waals surface area contributed by atoms with Crippen LogP contribution in [0.25, 0.3) is 0 Å². The average molecular weight is 253 g/mol. The summed E-state index contributed by atoms with van der Waals surface area (Å²) >= 11 is 5.88. The number of halogens is 1. The van der Waals surface area contributed by atoms with Crippen LogP contribution >= 0.6 is 11.6 Å². The summed E-state index contributed by atoms with van der Waals surface area (Å²) in [7, 11) is 0. The highest BCUT2D eigenvalue weighted by atomic mass is 35.5. The molecule has 0 aromatic heterocycles. The van der Waals surface area contributed by atoms with E-state index in [4.69, 9.17) is 17.3 Å². The van der Waals surface area contributed by atoms with Gasteiger partial charge >= 0.3 is 0 Å². The zero-order valence-electron chi connectivity index (χ0n) is 9.44. The van der Waals surface area contributed by atoms with E-state index in [0.717, 1.165) is 0 Å². The molecule has 1 heterocycles. The lowest BCUT2D eigenvalue weighted by Gasteiger charge is -2.28. The van der Waals surface area contributed by atoms with Gasteiger partial charge in [0, 0.05) is 12.8 Å². The maximum Gasteiger partial charge on any atom is 0.234 e. The zero-order valence-corrected chi connectivity index (χ0v) is 10.2. The summed E-state index contributed by atoms with van der Waals surface area (Å²) < 4.78 is 0. The number of nitrogens with zero attached hydrogens (tertiary/aromatic N) is 1. The Kier molecular flexibility index (Phi) is 3.07. The first kappa shape index (κ1) is 11.9. The summed E-state index contributed by atoms with van der Waals surface area (Å²) in [5, 5.41) is 0.349. The number of nitrogens with two attached hydrogens (primary N) is 1. The molecule has 1 aliphatic heterocycles. The highest BCUT2D eigenvalue weighted by molar-refractivity contribution is 6.33. The number of hydrogen-bond acceptors (Lipinski definition) is 3. The lowest BCUT2D eigenvalue weighted by Crippen LogP contribution is -2.42. The summed E-state index contributed by atoms with van der Waals surface area (Å²) in [5.41, 5.74) is 6.51. The van der Waals surface area contributed by atoms with Gasteiger partial charge in [0.15, 0.2) is 0 Å². The fourth-order valence-electron chi connectivity index (χ4n) is 1.93. The largest absolute Gasteiger partial charge is 0.398 e. The molecule has 5 heteroatoms. The number of nitrogen functional groups attached to an aromatic ring is 1. The molecule has 1 fully saturated rings. The van der Waals surface area contributed by atoms with Crippen molar-refractivity contribution in [1.82, 2.24) is 0 Å². The quantitative estimate of drug-likeness (QED) is 0.616.